The molecule has 2 aromatic heterocycles. The second-order valence-corrected chi connectivity index (χ2v) is 6.81. The summed E-state index contributed by atoms with van der Waals surface area (Å²) in [7, 11) is 1.24. The van der Waals surface area contributed by atoms with Crippen molar-refractivity contribution in [2.24, 2.45) is 0 Å². The van der Waals surface area contributed by atoms with Crippen LogP contribution in [0.25, 0.3) is 11.0 Å². The van der Waals surface area contributed by atoms with E-state index in [-0.39, 0.29) is 15.9 Å². The molecule has 0 fully saturated rings. The minimum atomic E-state index is -3.98. The zero-order chi connectivity index (χ0) is 14.9. The normalized spacial score (nSPS) is 11.9. The average molecular weight is 318 g/mol. The second kappa shape index (κ2) is 5.37. The van der Waals surface area contributed by atoms with Crippen LogP contribution in [0.2, 0.25) is 0 Å². The maximum atomic E-state index is 11.8. The van der Waals surface area contributed by atoms with E-state index in [0.717, 1.165) is 25.1 Å². The summed E-state index contributed by atoms with van der Waals surface area (Å²) in [4.78, 5) is 29.3. The molecule has 0 amide bonds. The Morgan fingerprint density at radius 1 is 1.40 bits per heavy atom. The van der Waals surface area contributed by atoms with Gasteiger partial charge in [-0.15, -0.1) is 0 Å². The van der Waals surface area contributed by atoms with Crippen molar-refractivity contribution in [2.45, 2.75) is 31.2 Å². The summed E-state index contributed by atoms with van der Waals surface area (Å²) in [5.74, 6) is 0. The molecule has 20 heavy (non-hydrogen) atoms. The van der Waals surface area contributed by atoms with E-state index in [4.69, 9.17) is 10.7 Å². The molecule has 0 spiro atoms. The van der Waals surface area contributed by atoms with Gasteiger partial charge in [-0.25, -0.2) is 18.2 Å². The number of hydrogen-bond acceptors (Lipinski definition) is 5. The third-order valence-corrected chi connectivity index (χ3v) is 4.15. The van der Waals surface area contributed by atoms with E-state index < -0.39 is 20.3 Å². The Kier molecular flexibility index (Phi) is 3.96. The molecule has 7 nitrogen and oxygen atoms in total. The van der Waals surface area contributed by atoms with E-state index in [1.807, 2.05) is 6.92 Å². The van der Waals surface area contributed by atoms with Gasteiger partial charge in [0.15, 0.2) is 0 Å². The fraction of sp³-hybridized carbons (Fsp3) is 0.364. The number of rotatable bonds is 4. The Hall–Kier alpha value is -1.67. The molecule has 2 heterocycles. The number of fused-ring (bicyclic) bond motifs is 1. The van der Waals surface area contributed by atoms with Gasteiger partial charge < -0.3 is 0 Å². The van der Waals surface area contributed by atoms with Crippen molar-refractivity contribution < 1.29 is 8.42 Å². The molecule has 0 unspecified atom stereocenters. The van der Waals surface area contributed by atoms with Gasteiger partial charge in [0.05, 0.1) is 5.39 Å². The van der Waals surface area contributed by atoms with Gasteiger partial charge in [0, 0.05) is 23.4 Å². The molecule has 2 aromatic rings. The maximum Gasteiger partial charge on any atom is 0.329 e. The Morgan fingerprint density at radius 2 is 2.10 bits per heavy atom. The molecule has 0 aliphatic rings. The number of pyridine rings is 1. The lowest BCUT2D eigenvalue weighted by Crippen LogP contribution is -2.31. The van der Waals surface area contributed by atoms with Crippen molar-refractivity contribution in [3.63, 3.8) is 0 Å². The van der Waals surface area contributed by atoms with Crippen LogP contribution in [-0.2, 0) is 15.6 Å². The van der Waals surface area contributed by atoms with Crippen LogP contribution in [0.1, 0.15) is 19.8 Å². The minimum Gasteiger partial charge on any atom is -0.278 e. The fourth-order valence-electron chi connectivity index (χ4n) is 1.81. The van der Waals surface area contributed by atoms with Gasteiger partial charge >= 0.3 is 5.69 Å². The van der Waals surface area contributed by atoms with Crippen LogP contribution in [0.3, 0.4) is 0 Å². The Morgan fingerprint density at radius 3 is 2.70 bits per heavy atom. The molecule has 0 radical (unpaired) electrons. The van der Waals surface area contributed by atoms with E-state index in [1.54, 1.807) is 0 Å². The topological polar surface area (TPSA) is 102 Å². The molecule has 0 aliphatic carbocycles. The summed E-state index contributed by atoms with van der Waals surface area (Å²) in [5.41, 5.74) is -1.10. The van der Waals surface area contributed by atoms with E-state index in [9.17, 15) is 18.0 Å². The molecule has 108 valence electrons. The third-order valence-electron chi connectivity index (χ3n) is 2.82. The Labute approximate surface area is 118 Å². The number of halogens is 1. The first kappa shape index (κ1) is 14.7. The van der Waals surface area contributed by atoms with Crippen molar-refractivity contribution in [3.8, 4) is 0 Å². The van der Waals surface area contributed by atoms with E-state index in [1.165, 1.54) is 4.57 Å². The van der Waals surface area contributed by atoms with Crippen LogP contribution in [0.4, 0.5) is 0 Å². The van der Waals surface area contributed by atoms with Gasteiger partial charge in [-0.3, -0.25) is 14.3 Å². The quantitative estimate of drug-likeness (QED) is 0.841. The molecule has 0 bridgehead atoms. The molecule has 0 aromatic carbocycles. The summed E-state index contributed by atoms with van der Waals surface area (Å²) in [5, 5.41) is 0.0161. The standard InChI is InChI=1S/C11H12ClN3O4S/c1-2-3-4-15-9-8(10(16)14-11(15)17)5-7(6-13-9)20(12,18)19/h5-6H,2-4H2,1H3,(H,14,16,17). The van der Waals surface area contributed by atoms with Crippen molar-refractivity contribution >= 4 is 30.8 Å². The number of H-pyrrole nitrogens is 1. The van der Waals surface area contributed by atoms with Gasteiger partial charge in [0.2, 0.25) is 0 Å². The summed E-state index contributed by atoms with van der Waals surface area (Å²) >= 11 is 0. The number of unbranched alkanes of at least 4 members (excludes halogenated alkanes) is 1. The first-order chi connectivity index (χ1) is 9.34. The van der Waals surface area contributed by atoms with Crippen LogP contribution in [-0.4, -0.2) is 23.0 Å². The third kappa shape index (κ3) is 2.75. The minimum absolute atomic E-state index is 0.0161. The zero-order valence-corrected chi connectivity index (χ0v) is 12.2. The molecule has 0 aliphatic heterocycles. The largest absolute Gasteiger partial charge is 0.329 e. The molecule has 2 rings (SSSR count). The fourth-order valence-corrected chi connectivity index (χ4v) is 2.50. The number of aryl methyl sites for hydroxylation is 1. The molecular formula is C11H12ClN3O4S. The highest BCUT2D eigenvalue weighted by atomic mass is 35.7. The Balaban J connectivity index is 2.78. The van der Waals surface area contributed by atoms with E-state index in [0.29, 0.717) is 6.54 Å². The summed E-state index contributed by atoms with van der Waals surface area (Å²) < 4.78 is 23.8. The number of aromatic amines is 1. The van der Waals surface area contributed by atoms with Gasteiger partial charge in [0.1, 0.15) is 10.5 Å². The second-order valence-electron chi connectivity index (χ2n) is 4.24. The summed E-state index contributed by atoms with van der Waals surface area (Å²) in [6.45, 7) is 2.35. The molecular weight excluding hydrogens is 306 g/mol. The van der Waals surface area contributed by atoms with Crippen LogP contribution in [0, 0.1) is 0 Å². The predicted molar refractivity (Wildman–Crippen MR) is 74.6 cm³/mol. The molecule has 1 N–H and O–H groups in total. The maximum absolute atomic E-state index is 11.8. The van der Waals surface area contributed by atoms with Crippen LogP contribution in [0.5, 0.6) is 0 Å². The predicted octanol–water partition coefficient (Wildman–Crippen LogP) is 0.812. The lowest BCUT2D eigenvalue weighted by atomic mass is 10.3. The SMILES string of the molecule is CCCCn1c(=O)[nH]c(=O)c2cc(S(=O)(=O)Cl)cnc21. The first-order valence-electron chi connectivity index (χ1n) is 5.92. The van der Waals surface area contributed by atoms with Crippen molar-refractivity contribution in [1.82, 2.24) is 14.5 Å². The lowest BCUT2D eigenvalue weighted by molar-refractivity contribution is 0.607. The Bertz CT molecular complexity index is 869. The smallest absolute Gasteiger partial charge is 0.278 e. The monoisotopic (exact) mass is 317 g/mol. The van der Waals surface area contributed by atoms with E-state index in [2.05, 4.69) is 9.97 Å². The average Bonchev–Trinajstić information content (AvgIpc) is 2.37. The summed E-state index contributed by atoms with van der Waals surface area (Å²) in [6, 6.07) is 1.12. The van der Waals surface area contributed by atoms with Gasteiger partial charge in [0.25, 0.3) is 14.6 Å². The molecule has 0 saturated carbocycles. The zero-order valence-electron chi connectivity index (χ0n) is 10.6. The number of nitrogens with zero attached hydrogens (tertiary/aromatic N) is 2. The first-order valence-corrected chi connectivity index (χ1v) is 8.23. The molecule has 0 saturated heterocycles. The van der Waals surface area contributed by atoms with Gasteiger partial charge in [-0.1, -0.05) is 13.3 Å². The highest BCUT2D eigenvalue weighted by Crippen LogP contribution is 2.16. The van der Waals surface area contributed by atoms with Crippen molar-refractivity contribution in [2.75, 3.05) is 0 Å². The van der Waals surface area contributed by atoms with Gasteiger partial charge in [-0.05, 0) is 12.5 Å². The van der Waals surface area contributed by atoms with Crippen LogP contribution in [0.15, 0.2) is 26.7 Å². The number of aromatic nitrogens is 3. The van der Waals surface area contributed by atoms with Gasteiger partial charge in [-0.2, -0.15) is 0 Å². The van der Waals surface area contributed by atoms with Crippen molar-refractivity contribution in [3.05, 3.63) is 33.1 Å². The van der Waals surface area contributed by atoms with Crippen molar-refractivity contribution in [1.29, 1.82) is 0 Å². The van der Waals surface area contributed by atoms with Crippen LogP contribution < -0.4 is 11.2 Å². The molecule has 0 atom stereocenters. The van der Waals surface area contributed by atoms with E-state index >= 15 is 0 Å². The number of hydrogen-bond donors (Lipinski definition) is 1. The van der Waals surface area contributed by atoms with Crippen LogP contribution >= 0.6 is 10.7 Å². The highest BCUT2D eigenvalue weighted by molar-refractivity contribution is 8.13. The lowest BCUT2D eigenvalue weighted by Gasteiger charge is -2.08. The highest BCUT2D eigenvalue weighted by Gasteiger charge is 2.15. The molecule has 9 heteroatoms. The number of nitrogens with one attached hydrogen (secondary N) is 1. The summed E-state index contributed by atoms with van der Waals surface area (Å²) in [6.07, 6.45) is 2.63.